The van der Waals surface area contributed by atoms with Gasteiger partial charge in [-0.1, -0.05) is 34.1 Å². The fraction of sp³-hybridized carbons (Fsp3) is 0.538. The Morgan fingerprint density at radius 3 is 2.56 bits per heavy atom. The van der Waals surface area contributed by atoms with Gasteiger partial charge in [0.15, 0.2) is 0 Å². The summed E-state index contributed by atoms with van der Waals surface area (Å²) in [6.07, 6.45) is 1.70. The van der Waals surface area contributed by atoms with Crippen molar-refractivity contribution < 1.29 is 5.11 Å². The van der Waals surface area contributed by atoms with Crippen molar-refractivity contribution in [3.8, 4) is 0 Å². The lowest BCUT2D eigenvalue weighted by Crippen LogP contribution is -2.37. The summed E-state index contributed by atoms with van der Waals surface area (Å²) in [5.41, 5.74) is 1.33. The average molecular weight is 284 g/mol. The van der Waals surface area contributed by atoms with Gasteiger partial charge in [0.2, 0.25) is 0 Å². The van der Waals surface area contributed by atoms with Gasteiger partial charge in [-0.2, -0.15) is 0 Å². The molecule has 3 heteroatoms. The van der Waals surface area contributed by atoms with Gasteiger partial charge in [-0.15, -0.1) is 0 Å². The number of likely N-dealkylation sites (tertiary alicyclic amines) is 1. The molecule has 0 radical (unpaired) electrons. The molecule has 0 saturated carbocycles. The molecule has 0 unspecified atom stereocenters. The Balaban J connectivity index is 2.07. The number of benzene rings is 1. The van der Waals surface area contributed by atoms with Crippen molar-refractivity contribution in [3.63, 3.8) is 0 Å². The van der Waals surface area contributed by atoms with Crippen LogP contribution >= 0.6 is 15.9 Å². The van der Waals surface area contributed by atoms with Crippen LogP contribution in [-0.2, 0) is 0 Å². The van der Waals surface area contributed by atoms with E-state index in [-0.39, 0.29) is 6.10 Å². The molecule has 1 N–H and O–H groups in total. The summed E-state index contributed by atoms with van der Waals surface area (Å²) >= 11 is 3.60. The van der Waals surface area contributed by atoms with Crippen LogP contribution in [0.3, 0.4) is 0 Å². The maximum atomic E-state index is 9.50. The molecule has 0 aromatic heterocycles. The van der Waals surface area contributed by atoms with Crippen molar-refractivity contribution >= 4 is 15.9 Å². The van der Waals surface area contributed by atoms with Gasteiger partial charge in [0.1, 0.15) is 0 Å². The lowest BCUT2D eigenvalue weighted by atomic mass is 10.0. The van der Waals surface area contributed by atoms with E-state index in [4.69, 9.17) is 0 Å². The third kappa shape index (κ3) is 2.65. The van der Waals surface area contributed by atoms with Gasteiger partial charge in [-0.3, -0.25) is 4.90 Å². The Labute approximate surface area is 105 Å². The van der Waals surface area contributed by atoms with E-state index < -0.39 is 0 Å². The first kappa shape index (κ1) is 12.1. The Kier molecular flexibility index (Phi) is 4.00. The average Bonchev–Trinajstić information content (AvgIpc) is 2.30. The lowest BCUT2D eigenvalue weighted by Gasteiger charge is -2.34. The van der Waals surface area contributed by atoms with E-state index >= 15 is 0 Å². The van der Waals surface area contributed by atoms with Crippen molar-refractivity contribution in [2.45, 2.75) is 31.9 Å². The number of halogens is 1. The van der Waals surface area contributed by atoms with Crippen LogP contribution in [0.2, 0.25) is 0 Å². The number of hydrogen-bond acceptors (Lipinski definition) is 2. The summed E-state index contributed by atoms with van der Waals surface area (Å²) < 4.78 is 1.17. The zero-order valence-electron chi connectivity index (χ0n) is 9.56. The summed E-state index contributed by atoms with van der Waals surface area (Å²) in [5, 5.41) is 9.50. The molecule has 0 bridgehead atoms. The van der Waals surface area contributed by atoms with E-state index in [1.54, 1.807) is 0 Å². The molecule has 0 amide bonds. The number of nitrogens with zero attached hydrogens (tertiary/aromatic N) is 1. The van der Waals surface area contributed by atoms with Gasteiger partial charge < -0.3 is 5.11 Å². The zero-order valence-corrected chi connectivity index (χ0v) is 11.2. The smallest absolute Gasteiger partial charge is 0.0564 e. The molecule has 0 aliphatic carbocycles. The van der Waals surface area contributed by atoms with Crippen molar-refractivity contribution in [2.75, 3.05) is 13.1 Å². The Hall–Kier alpha value is -0.380. The van der Waals surface area contributed by atoms with Gasteiger partial charge in [-0.25, -0.2) is 0 Å². The number of piperidine rings is 1. The molecule has 1 aliphatic rings. The summed E-state index contributed by atoms with van der Waals surface area (Å²) in [7, 11) is 0. The topological polar surface area (TPSA) is 23.5 Å². The highest BCUT2D eigenvalue weighted by atomic mass is 79.9. The molecule has 1 fully saturated rings. The highest BCUT2D eigenvalue weighted by Gasteiger charge is 2.22. The van der Waals surface area contributed by atoms with Crippen LogP contribution in [0.15, 0.2) is 28.7 Å². The molecule has 16 heavy (non-hydrogen) atoms. The van der Waals surface area contributed by atoms with Crippen molar-refractivity contribution in [2.24, 2.45) is 0 Å². The first-order valence-electron chi connectivity index (χ1n) is 5.85. The number of aliphatic hydroxyl groups excluding tert-OH is 1. The molecule has 1 heterocycles. The van der Waals surface area contributed by atoms with E-state index in [2.05, 4.69) is 46.0 Å². The number of rotatable bonds is 2. The predicted octanol–water partition coefficient (Wildman–Crippen LogP) is 2.97. The van der Waals surface area contributed by atoms with E-state index in [9.17, 15) is 5.11 Å². The van der Waals surface area contributed by atoms with Crippen LogP contribution < -0.4 is 0 Å². The maximum Gasteiger partial charge on any atom is 0.0564 e. The second kappa shape index (κ2) is 5.30. The van der Waals surface area contributed by atoms with Crippen molar-refractivity contribution in [1.29, 1.82) is 0 Å². The molecular weight excluding hydrogens is 266 g/mol. The second-order valence-electron chi connectivity index (χ2n) is 4.46. The molecule has 88 valence electrons. The highest BCUT2D eigenvalue weighted by Crippen LogP contribution is 2.29. The Bertz CT molecular complexity index is 348. The fourth-order valence-electron chi connectivity index (χ4n) is 2.28. The molecule has 1 aromatic rings. The van der Waals surface area contributed by atoms with Crippen LogP contribution in [0.1, 0.15) is 31.4 Å². The molecule has 2 rings (SSSR count). The standard InChI is InChI=1S/C13H18BrNO/c1-10(12-4-2-3-5-13(12)14)15-8-6-11(16)7-9-15/h2-5,10-11,16H,6-9H2,1H3/t10-/m0/s1. The summed E-state index contributed by atoms with van der Waals surface area (Å²) in [4.78, 5) is 2.44. The summed E-state index contributed by atoms with van der Waals surface area (Å²) in [6.45, 7) is 4.21. The van der Waals surface area contributed by atoms with Crippen LogP contribution in [0.4, 0.5) is 0 Å². The van der Waals surface area contributed by atoms with Crippen molar-refractivity contribution in [3.05, 3.63) is 34.3 Å². The molecule has 2 nitrogen and oxygen atoms in total. The molecule has 1 aliphatic heterocycles. The zero-order chi connectivity index (χ0) is 11.5. The SMILES string of the molecule is C[C@@H](c1ccccc1Br)N1CCC(O)CC1. The molecule has 1 aromatic carbocycles. The van der Waals surface area contributed by atoms with E-state index in [1.165, 1.54) is 10.0 Å². The van der Waals surface area contributed by atoms with Gasteiger partial charge in [0.25, 0.3) is 0 Å². The van der Waals surface area contributed by atoms with Crippen LogP contribution in [0.25, 0.3) is 0 Å². The highest BCUT2D eigenvalue weighted by molar-refractivity contribution is 9.10. The minimum Gasteiger partial charge on any atom is -0.393 e. The largest absolute Gasteiger partial charge is 0.393 e. The Morgan fingerprint density at radius 1 is 1.31 bits per heavy atom. The van der Waals surface area contributed by atoms with Crippen molar-refractivity contribution in [1.82, 2.24) is 4.90 Å². The van der Waals surface area contributed by atoms with E-state index in [1.807, 2.05) is 6.07 Å². The van der Waals surface area contributed by atoms with Crippen LogP contribution in [0, 0.1) is 0 Å². The second-order valence-corrected chi connectivity index (χ2v) is 5.32. The molecule has 1 atom stereocenters. The quantitative estimate of drug-likeness (QED) is 0.902. The predicted molar refractivity (Wildman–Crippen MR) is 69.4 cm³/mol. The third-order valence-electron chi connectivity index (χ3n) is 3.40. The van der Waals surface area contributed by atoms with E-state index in [0.717, 1.165) is 25.9 Å². The van der Waals surface area contributed by atoms with Gasteiger partial charge >= 0.3 is 0 Å². The van der Waals surface area contributed by atoms with E-state index in [0.29, 0.717) is 6.04 Å². The lowest BCUT2D eigenvalue weighted by molar-refractivity contribution is 0.0644. The normalized spacial score (nSPS) is 20.9. The first-order valence-corrected chi connectivity index (χ1v) is 6.64. The molecular formula is C13H18BrNO. The minimum absolute atomic E-state index is 0.0948. The monoisotopic (exact) mass is 283 g/mol. The summed E-state index contributed by atoms with van der Waals surface area (Å²) in [6, 6.07) is 8.79. The Morgan fingerprint density at radius 2 is 1.94 bits per heavy atom. The van der Waals surface area contributed by atoms with Gasteiger partial charge in [0.05, 0.1) is 6.10 Å². The minimum atomic E-state index is -0.0948. The molecule has 1 saturated heterocycles. The number of aliphatic hydroxyl groups is 1. The van der Waals surface area contributed by atoms with Gasteiger partial charge in [-0.05, 0) is 31.4 Å². The third-order valence-corrected chi connectivity index (χ3v) is 4.12. The summed E-state index contributed by atoms with van der Waals surface area (Å²) in [5.74, 6) is 0. The first-order chi connectivity index (χ1) is 7.68. The number of hydrogen-bond donors (Lipinski definition) is 1. The van der Waals surface area contributed by atoms with Gasteiger partial charge in [0, 0.05) is 23.6 Å². The maximum absolute atomic E-state index is 9.50. The molecule has 0 spiro atoms. The fourth-order valence-corrected chi connectivity index (χ4v) is 2.90. The van der Waals surface area contributed by atoms with Crippen LogP contribution in [0.5, 0.6) is 0 Å². The van der Waals surface area contributed by atoms with Crippen LogP contribution in [-0.4, -0.2) is 29.2 Å².